The predicted molar refractivity (Wildman–Crippen MR) is 77.3 cm³/mol. The van der Waals surface area contributed by atoms with Gasteiger partial charge < -0.3 is 4.90 Å². The summed E-state index contributed by atoms with van der Waals surface area (Å²) in [6.45, 7) is 6.69. The third kappa shape index (κ3) is 3.40. The van der Waals surface area contributed by atoms with Gasteiger partial charge in [-0.2, -0.15) is 0 Å². The second kappa shape index (κ2) is 5.64. The molecule has 0 unspecified atom stereocenters. The SMILES string of the molecule is Cc1cc(SC2CCN(C)CC2)c(C)cc1Cl. The summed E-state index contributed by atoms with van der Waals surface area (Å²) in [5.41, 5.74) is 2.50. The lowest BCUT2D eigenvalue weighted by molar-refractivity contribution is 0.282. The molecule has 1 aliphatic heterocycles. The van der Waals surface area contributed by atoms with E-state index in [1.54, 1.807) is 0 Å². The number of aryl methyl sites for hydroxylation is 2. The monoisotopic (exact) mass is 269 g/mol. The van der Waals surface area contributed by atoms with Gasteiger partial charge in [-0.1, -0.05) is 11.6 Å². The van der Waals surface area contributed by atoms with Crippen LogP contribution in [0.25, 0.3) is 0 Å². The Kier molecular flexibility index (Phi) is 4.40. The van der Waals surface area contributed by atoms with E-state index in [2.05, 4.69) is 37.9 Å². The highest BCUT2D eigenvalue weighted by molar-refractivity contribution is 8.00. The van der Waals surface area contributed by atoms with Gasteiger partial charge in [0.15, 0.2) is 0 Å². The van der Waals surface area contributed by atoms with Crippen molar-refractivity contribution < 1.29 is 0 Å². The highest BCUT2D eigenvalue weighted by Gasteiger charge is 2.18. The molecule has 1 saturated heterocycles. The van der Waals surface area contributed by atoms with Gasteiger partial charge >= 0.3 is 0 Å². The zero-order valence-electron chi connectivity index (χ0n) is 10.8. The summed E-state index contributed by atoms with van der Waals surface area (Å²) in [5, 5.41) is 1.65. The molecule has 0 bridgehead atoms. The summed E-state index contributed by atoms with van der Waals surface area (Å²) in [7, 11) is 2.21. The minimum absolute atomic E-state index is 0.769. The fourth-order valence-corrected chi connectivity index (χ4v) is 3.68. The topological polar surface area (TPSA) is 3.24 Å². The number of hydrogen-bond acceptors (Lipinski definition) is 2. The average Bonchev–Trinajstić information content (AvgIpc) is 2.29. The first-order valence-electron chi connectivity index (χ1n) is 6.18. The first-order chi connectivity index (χ1) is 8.06. The van der Waals surface area contributed by atoms with Gasteiger partial charge in [0, 0.05) is 15.2 Å². The Morgan fingerprint density at radius 2 is 1.82 bits per heavy atom. The number of nitrogens with zero attached hydrogens (tertiary/aromatic N) is 1. The summed E-state index contributed by atoms with van der Waals surface area (Å²) >= 11 is 8.16. The van der Waals surface area contributed by atoms with Crippen LogP contribution in [-0.2, 0) is 0 Å². The van der Waals surface area contributed by atoms with E-state index in [0.717, 1.165) is 10.3 Å². The number of rotatable bonds is 2. The summed E-state index contributed by atoms with van der Waals surface area (Å²) in [6, 6.07) is 4.33. The summed E-state index contributed by atoms with van der Waals surface area (Å²) in [6.07, 6.45) is 2.59. The molecular weight excluding hydrogens is 250 g/mol. The smallest absolute Gasteiger partial charge is 0.0438 e. The van der Waals surface area contributed by atoms with E-state index in [4.69, 9.17) is 11.6 Å². The molecule has 1 nitrogen and oxygen atoms in total. The molecule has 1 aromatic rings. The van der Waals surface area contributed by atoms with E-state index in [0.29, 0.717) is 0 Å². The van der Waals surface area contributed by atoms with E-state index in [9.17, 15) is 0 Å². The molecule has 1 aromatic carbocycles. The van der Waals surface area contributed by atoms with Crippen molar-refractivity contribution in [2.45, 2.75) is 36.8 Å². The largest absolute Gasteiger partial charge is 0.306 e. The van der Waals surface area contributed by atoms with Crippen molar-refractivity contribution in [3.05, 3.63) is 28.3 Å². The Labute approximate surface area is 114 Å². The maximum atomic E-state index is 6.13. The minimum Gasteiger partial charge on any atom is -0.306 e. The third-order valence-electron chi connectivity index (χ3n) is 3.42. The van der Waals surface area contributed by atoms with Crippen LogP contribution >= 0.6 is 23.4 Å². The lowest BCUT2D eigenvalue weighted by Gasteiger charge is -2.28. The molecule has 0 N–H and O–H groups in total. The maximum Gasteiger partial charge on any atom is 0.0438 e. The number of likely N-dealkylation sites (tertiary alicyclic amines) is 1. The number of benzene rings is 1. The Hall–Kier alpha value is -0.180. The van der Waals surface area contributed by atoms with Crippen LogP contribution in [0, 0.1) is 13.8 Å². The van der Waals surface area contributed by atoms with E-state index in [1.165, 1.54) is 42.0 Å². The highest BCUT2D eigenvalue weighted by Crippen LogP contribution is 2.34. The number of hydrogen-bond donors (Lipinski definition) is 0. The van der Waals surface area contributed by atoms with Crippen LogP contribution in [0.15, 0.2) is 17.0 Å². The van der Waals surface area contributed by atoms with E-state index in [1.807, 2.05) is 11.8 Å². The summed E-state index contributed by atoms with van der Waals surface area (Å²) in [5.74, 6) is 0. The first-order valence-corrected chi connectivity index (χ1v) is 7.44. The number of halogens is 1. The van der Waals surface area contributed by atoms with Crippen LogP contribution < -0.4 is 0 Å². The molecule has 2 rings (SSSR count). The predicted octanol–water partition coefficient (Wildman–Crippen LogP) is 4.14. The molecule has 0 aliphatic carbocycles. The van der Waals surface area contributed by atoms with Crippen molar-refractivity contribution >= 4 is 23.4 Å². The maximum absolute atomic E-state index is 6.13. The molecule has 0 radical (unpaired) electrons. The molecule has 0 aromatic heterocycles. The first kappa shape index (κ1) is 13.3. The molecule has 3 heteroatoms. The third-order valence-corrected chi connectivity index (χ3v) is 5.32. The zero-order chi connectivity index (χ0) is 12.4. The van der Waals surface area contributed by atoms with Gasteiger partial charge in [0.05, 0.1) is 0 Å². The quantitative estimate of drug-likeness (QED) is 0.794. The lowest BCUT2D eigenvalue weighted by atomic mass is 10.1. The van der Waals surface area contributed by atoms with Gasteiger partial charge in [0.25, 0.3) is 0 Å². The van der Waals surface area contributed by atoms with Crippen molar-refractivity contribution in [1.29, 1.82) is 0 Å². The Morgan fingerprint density at radius 3 is 2.47 bits per heavy atom. The molecular formula is C14H20ClNS. The van der Waals surface area contributed by atoms with Crippen molar-refractivity contribution in [2.24, 2.45) is 0 Å². The van der Waals surface area contributed by atoms with Gasteiger partial charge in [-0.25, -0.2) is 0 Å². The normalized spacial score (nSPS) is 18.6. The minimum atomic E-state index is 0.769. The molecule has 1 aliphatic rings. The standard InChI is InChI=1S/C14H20ClNS/c1-10-9-14(11(2)8-13(10)15)17-12-4-6-16(3)7-5-12/h8-9,12H,4-7H2,1-3H3. The highest BCUT2D eigenvalue weighted by atomic mass is 35.5. The molecule has 1 fully saturated rings. The Morgan fingerprint density at radius 1 is 1.18 bits per heavy atom. The van der Waals surface area contributed by atoms with E-state index >= 15 is 0 Å². The van der Waals surface area contributed by atoms with Crippen LogP contribution in [0.4, 0.5) is 0 Å². The van der Waals surface area contributed by atoms with Crippen molar-refractivity contribution in [2.75, 3.05) is 20.1 Å². The molecule has 17 heavy (non-hydrogen) atoms. The van der Waals surface area contributed by atoms with Crippen LogP contribution in [0.3, 0.4) is 0 Å². The molecule has 1 heterocycles. The van der Waals surface area contributed by atoms with Crippen LogP contribution in [0.5, 0.6) is 0 Å². The molecule has 0 saturated carbocycles. The van der Waals surface area contributed by atoms with Crippen LogP contribution in [0.2, 0.25) is 5.02 Å². The van der Waals surface area contributed by atoms with E-state index in [-0.39, 0.29) is 0 Å². The fraction of sp³-hybridized carbons (Fsp3) is 0.571. The molecule has 0 atom stereocenters. The van der Waals surface area contributed by atoms with Gasteiger partial charge in [-0.15, -0.1) is 11.8 Å². The second-order valence-electron chi connectivity index (χ2n) is 4.99. The Bertz CT molecular complexity index is 397. The summed E-state index contributed by atoms with van der Waals surface area (Å²) in [4.78, 5) is 3.82. The van der Waals surface area contributed by atoms with E-state index < -0.39 is 0 Å². The summed E-state index contributed by atoms with van der Waals surface area (Å²) < 4.78 is 0. The van der Waals surface area contributed by atoms with Gasteiger partial charge in [-0.3, -0.25) is 0 Å². The van der Waals surface area contributed by atoms with Crippen molar-refractivity contribution in [3.63, 3.8) is 0 Å². The fourth-order valence-electron chi connectivity index (χ4n) is 2.16. The van der Waals surface area contributed by atoms with Gasteiger partial charge in [0.1, 0.15) is 0 Å². The molecule has 0 spiro atoms. The lowest BCUT2D eigenvalue weighted by Crippen LogP contribution is -2.31. The average molecular weight is 270 g/mol. The van der Waals surface area contributed by atoms with Crippen molar-refractivity contribution in [3.8, 4) is 0 Å². The molecule has 0 amide bonds. The zero-order valence-corrected chi connectivity index (χ0v) is 12.4. The van der Waals surface area contributed by atoms with Crippen LogP contribution in [-0.4, -0.2) is 30.3 Å². The van der Waals surface area contributed by atoms with Crippen molar-refractivity contribution in [1.82, 2.24) is 4.90 Å². The van der Waals surface area contributed by atoms with Crippen LogP contribution in [0.1, 0.15) is 24.0 Å². The van der Waals surface area contributed by atoms with Gasteiger partial charge in [0.2, 0.25) is 0 Å². The van der Waals surface area contributed by atoms with Gasteiger partial charge in [-0.05, 0) is 70.1 Å². The number of thioether (sulfide) groups is 1. The number of piperidine rings is 1. The Balaban J connectivity index is 2.06. The molecule has 94 valence electrons. The second-order valence-corrected chi connectivity index (χ2v) is 6.74.